The van der Waals surface area contributed by atoms with Gasteiger partial charge in [-0.15, -0.1) is 0 Å². The molecule has 2 rings (SSSR count). The van der Waals surface area contributed by atoms with Gasteiger partial charge in [0.15, 0.2) is 0 Å². The first-order valence-corrected chi connectivity index (χ1v) is 5.75. The maximum absolute atomic E-state index is 11.1. The Labute approximate surface area is 117 Å². The molecule has 0 radical (unpaired) electrons. The fourth-order valence-electron chi connectivity index (χ4n) is 2.33. The van der Waals surface area contributed by atoms with Crippen LogP contribution in [0.25, 0.3) is 10.8 Å². The standard InChI is InChI=1S/C12H9N3O6/c1-6-3-4-8(13(16)17)12-7(2)9(14(18)19)5-10(11(6)12)15(20)21/h3-5H,1-2H3. The number of nitro benzene ring substituents is 3. The predicted octanol–water partition coefficient (Wildman–Crippen LogP) is 3.18. The average Bonchev–Trinajstić information content (AvgIpc) is 2.38. The first-order valence-electron chi connectivity index (χ1n) is 5.75. The normalized spacial score (nSPS) is 10.6. The Kier molecular flexibility index (Phi) is 3.26. The molecule has 0 spiro atoms. The van der Waals surface area contributed by atoms with Crippen molar-refractivity contribution in [2.75, 3.05) is 0 Å². The summed E-state index contributed by atoms with van der Waals surface area (Å²) >= 11 is 0. The highest BCUT2D eigenvalue weighted by atomic mass is 16.6. The van der Waals surface area contributed by atoms with E-state index < -0.39 is 26.1 Å². The van der Waals surface area contributed by atoms with Crippen LogP contribution in [0.1, 0.15) is 11.1 Å². The minimum absolute atomic E-state index is 0.0380. The molecule has 0 atom stereocenters. The number of nitro groups is 3. The number of fused-ring (bicyclic) bond motifs is 1. The van der Waals surface area contributed by atoms with Gasteiger partial charge >= 0.3 is 0 Å². The van der Waals surface area contributed by atoms with E-state index in [1.54, 1.807) is 6.92 Å². The molecular weight excluding hydrogens is 282 g/mol. The van der Waals surface area contributed by atoms with Crippen LogP contribution in [0.2, 0.25) is 0 Å². The molecule has 0 saturated carbocycles. The van der Waals surface area contributed by atoms with E-state index in [0.717, 1.165) is 6.07 Å². The zero-order chi connectivity index (χ0) is 15.9. The summed E-state index contributed by atoms with van der Waals surface area (Å²) < 4.78 is 0. The Morgan fingerprint density at radius 3 is 1.76 bits per heavy atom. The number of non-ortho nitro benzene ring substituents is 2. The van der Waals surface area contributed by atoms with Gasteiger partial charge in [0, 0.05) is 11.6 Å². The van der Waals surface area contributed by atoms with Crippen LogP contribution in [-0.2, 0) is 0 Å². The molecule has 0 bridgehead atoms. The van der Waals surface area contributed by atoms with Gasteiger partial charge in [0.2, 0.25) is 0 Å². The SMILES string of the molecule is Cc1ccc([N+](=O)[O-])c2c(C)c([N+](=O)[O-])cc([N+](=O)[O-])c12. The molecule has 9 heteroatoms. The van der Waals surface area contributed by atoms with Crippen LogP contribution in [0.5, 0.6) is 0 Å². The third kappa shape index (κ3) is 2.14. The summed E-state index contributed by atoms with van der Waals surface area (Å²) in [5, 5.41) is 33.3. The third-order valence-electron chi connectivity index (χ3n) is 3.27. The van der Waals surface area contributed by atoms with E-state index in [2.05, 4.69) is 0 Å². The second-order valence-electron chi connectivity index (χ2n) is 4.46. The van der Waals surface area contributed by atoms with Crippen molar-refractivity contribution in [3.05, 3.63) is 59.7 Å². The zero-order valence-electron chi connectivity index (χ0n) is 11.0. The Balaban J connectivity index is 3.15. The van der Waals surface area contributed by atoms with Crippen LogP contribution in [0.3, 0.4) is 0 Å². The summed E-state index contributed by atoms with van der Waals surface area (Å²) in [6, 6.07) is 3.42. The number of rotatable bonds is 3. The highest BCUT2D eigenvalue weighted by Crippen LogP contribution is 2.41. The van der Waals surface area contributed by atoms with Crippen molar-refractivity contribution in [1.82, 2.24) is 0 Å². The molecular formula is C12H9N3O6. The lowest BCUT2D eigenvalue weighted by atomic mass is 9.96. The highest BCUT2D eigenvalue weighted by Gasteiger charge is 2.29. The van der Waals surface area contributed by atoms with E-state index >= 15 is 0 Å². The molecule has 0 aromatic heterocycles. The molecule has 2 aromatic carbocycles. The lowest BCUT2D eigenvalue weighted by molar-refractivity contribution is -0.394. The van der Waals surface area contributed by atoms with Crippen molar-refractivity contribution < 1.29 is 14.8 Å². The molecule has 0 aliphatic heterocycles. The Morgan fingerprint density at radius 1 is 0.762 bits per heavy atom. The Bertz CT molecular complexity index is 814. The number of hydrogen-bond acceptors (Lipinski definition) is 6. The van der Waals surface area contributed by atoms with Gasteiger partial charge in [0.25, 0.3) is 17.1 Å². The summed E-state index contributed by atoms with van der Waals surface area (Å²) in [4.78, 5) is 31.0. The van der Waals surface area contributed by atoms with E-state index in [1.165, 1.54) is 19.1 Å². The fraction of sp³-hybridized carbons (Fsp3) is 0.167. The fourth-order valence-corrected chi connectivity index (χ4v) is 2.33. The molecule has 0 N–H and O–H groups in total. The summed E-state index contributed by atoms with van der Waals surface area (Å²) in [7, 11) is 0. The van der Waals surface area contributed by atoms with Crippen molar-refractivity contribution in [2.45, 2.75) is 13.8 Å². The Hall–Kier alpha value is -3.10. The van der Waals surface area contributed by atoms with Crippen LogP contribution in [0.4, 0.5) is 17.1 Å². The third-order valence-corrected chi connectivity index (χ3v) is 3.27. The van der Waals surface area contributed by atoms with E-state index in [1.807, 2.05) is 0 Å². The van der Waals surface area contributed by atoms with Gasteiger partial charge in [0.05, 0.1) is 31.6 Å². The molecule has 0 heterocycles. The maximum Gasteiger partial charge on any atom is 0.284 e. The number of hydrogen-bond donors (Lipinski definition) is 0. The molecule has 0 aliphatic carbocycles. The van der Waals surface area contributed by atoms with E-state index in [4.69, 9.17) is 0 Å². The average molecular weight is 291 g/mol. The topological polar surface area (TPSA) is 129 Å². The molecule has 0 unspecified atom stereocenters. The van der Waals surface area contributed by atoms with E-state index in [-0.39, 0.29) is 22.0 Å². The van der Waals surface area contributed by atoms with Crippen LogP contribution in [0.15, 0.2) is 18.2 Å². The summed E-state index contributed by atoms with van der Waals surface area (Å²) in [5.74, 6) is 0. The minimum Gasteiger partial charge on any atom is -0.258 e. The molecule has 2 aromatic rings. The van der Waals surface area contributed by atoms with Crippen LogP contribution < -0.4 is 0 Å². The van der Waals surface area contributed by atoms with Crippen molar-refractivity contribution in [2.24, 2.45) is 0 Å². The lowest BCUT2D eigenvalue weighted by Crippen LogP contribution is -2.01. The molecule has 0 fully saturated rings. The number of benzene rings is 2. The van der Waals surface area contributed by atoms with Gasteiger partial charge in [-0.25, -0.2) is 0 Å². The highest BCUT2D eigenvalue weighted by molar-refractivity contribution is 6.03. The van der Waals surface area contributed by atoms with Crippen LogP contribution >= 0.6 is 0 Å². The molecule has 9 nitrogen and oxygen atoms in total. The largest absolute Gasteiger partial charge is 0.284 e. The molecule has 108 valence electrons. The van der Waals surface area contributed by atoms with E-state index in [0.29, 0.717) is 5.56 Å². The van der Waals surface area contributed by atoms with Gasteiger partial charge in [-0.3, -0.25) is 30.3 Å². The number of nitrogens with zero attached hydrogens (tertiary/aromatic N) is 3. The molecule has 0 saturated heterocycles. The molecule has 0 aliphatic rings. The monoisotopic (exact) mass is 291 g/mol. The van der Waals surface area contributed by atoms with Gasteiger partial charge in [-0.05, 0) is 19.4 Å². The first kappa shape index (κ1) is 14.3. The minimum atomic E-state index is -0.784. The first-order chi connectivity index (χ1) is 9.75. The molecule has 0 amide bonds. The second-order valence-corrected chi connectivity index (χ2v) is 4.46. The Morgan fingerprint density at radius 2 is 1.29 bits per heavy atom. The van der Waals surface area contributed by atoms with Gasteiger partial charge in [-0.1, -0.05) is 6.07 Å². The summed E-state index contributed by atoms with van der Waals surface area (Å²) in [6.45, 7) is 2.90. The van der Waals surface area contributed by atoms with Crippen LogP contribution in [-0.4, -0.2) is 14.8 Å². The smallest absolute Gasteiger partial charge is 0.258 e. The predicted molar refractivity (Wildman–Crippen MR) is 73.4 cm³/mol. The summed E-state index contributed by atoms with van der Waals surface area (Å²) in [6.07, 6.45) is 0. The van der Waals surface area contributed by atoms with Gasteiger partial charge < -0.3 is 0 Å². The van der Waals surface area contributed by atoms with Crippen molar-refractivity contribution >= 4 is 27.8 Å². The number of aryl methyl sites for hydroxylation is 2. The van der Waals surface area contributed by atoms with E-state index in [9.17, 15) is 30.3 Å². The van der Waals surface area contributed by atoms with Crippen molar-refractivity contribution in [3.8, 4) is 0 Å². The van der Waals surface area contributed by atoms with Crippen molar-refractivity contribution in [1.29, 1.82) is 0 Å². The summed E-state index contributed by atoms with van der Waals surface area (Å²) in [5.41, 5.74) is -0.928. The lowest BCUT2D eigenvalue weighted by Gasteiger charge is -2.07. The zero-order valence-corrected chi connectivity index (χ0v) is 11.0. The van der Waals surface area contributed by atoms with Gasteiger partial charge in [0.1, 0.15) is 0 Å². The van der Waals surface area contributed by atoms with Gasteiger partial charge in [-0.2, -0.15) is 0 Å². The van der Waals surface area contributed by atoms with Crippen molar-refractivity contribution in [3.63, 3.8) is 0 Å². The van der Waals surface area contributed by atoms with Crippen LogP contribution in [0, 0.1) is 44.2 Å². The quantitative estimate of drug-likeness (QED) is 0.630. The second kappa shape index (κ2) is 4.78. The molecule has 21 heavy (non-hydrogen) atoms. The maximum atomic E-state index is 11.1.